The molecular formula is C14H23NO4Si. The van der Waals surface area contributed by atoms with Gasteiger partial charge < -0.3 is 20.3 Å². The van der Waals surface area contributed by atoms with Gasteiger partial charge in [0.25, 0.3) is 0 Å². The second-order valence-corrected chi connectivity index (χ2v) is 5.08. The minimum absolute atomic E-state index is 0.0741. The van der Waals surface area contributed by atoms with Gasteiger partial charge in [0.05, 0.1) is 10.2 Å². The fourth-order valence-electron chi connectivity index (χ4n) is 1.23. The number of carboxylic acids is 1. The molecule has 0 unspecified atom stereocenters. The summed E-state index contributed by atoms with van der Waals surface area (Å²) in [5, 5.41) is 8.60. The second-order valence-electron chi connectivity index (χ2n) is 4.13. The van der Waals surface area contributed by atoms with Gasteiger partial charge in [0, 0.05) is 14.2 Å². The van der Waals surface area contributed by atoms with Crippen LogP contribution in [0.4, 0.5) is 0 Å². The Morgan fingerprint density at radius 2 is 1.90 bits per heavy atom. The van der Waals surface area contributed by atoms with E-state index in [4.69, 9.17) is 20.3 Å². The van der Waals surface area contributed by atoms with Crippen molar-refractivity contribution in [1.29, 1.82) is 0 Å². The Morgan fingerprint density at radius 1 is 1.40 bits per heavy atom. The first kappa shape index (κ1) is 18.5. The van der Waals surface area contributed by atoms with E-state index in [1.165, 1.54) is 0 Å². The number of benzene rings is 1. The van der Waals surface area contributed by atoms with Crippen LogP contribution in [-0.2, 0) is 20.7 Å². The largest absolute Gasteiger partial charge is 0.480 e. The van der Waals surface area contributed by atoms with E-state index in [1.54, 1.807) is 20.3 Å². The summed E-state index contributed by atoms with van der Waals surface area (Å²) in [6.45, 7) is 3.63. The predicted molar refractivity (Wildman–Crippen MR) is 83.6 cm³/mol. The van der Waals surface area contributed by atoms with E-state index >= 15 is 0 Å². The highest BCUT2D eigenvalue weighted by Crippen LogP contribution is 2.07. The summed E-state index contributed by atoms with van der Waals surface area (Å²) in [5.41, 5.74) is 7.33. The molecule has 3 N–H and O–H groups in total. The molecular weight excluding hydrogens is 274 g/mol. The van der Waals surface area contributed by atoms with Crippen LogP contribution in [0.3, 0.4) is 0 Å². The fourth-order valence-corrected chi connectivity index (χ4v) is 1.23. The molecule has 0 aliphatic heterocycles. The van der Waals surface area contributed by atoms with Crippen LogP contribution in [0.1, 0.15) is 11.1 Å². The Morgan fingerprint density at radius 3 is 2.20 bits per heavy atom. The molecule has 112 valence electrons. The molecule has 0 aliphatic rings. The summed E-state index contributed by atoms with van der Waals surface area (Å²) in [5.74, 6) is -0.900. The number of hydrogen-bond donors (Lipinski definition) is 2. The van der Waals surface area contributed by atoms with Gasteiger partial charge in [-0.15, -0.1) is 0 Å². The SMILES string of the molecule is C=Cc1ccc(C[C@H](N)C(=O)O)cc1.COC([SiH3])OC. The summed E-state index contributed by atoms with van der Waals surface area (Å²) in [6, 6.07) is 6.66. The van der Waals surface area contributed by atoms with Gasteiger partial charge >= 0.3 is 5.97 Å². The highest BCUT2D eigenvalue weighted by Gasteiger charge is 2.11. The van der Waals surface area contributed by atoms with E-state index in [1.807, 2.05) is 24.3 Å². The minimum atomic E-state index is -0.974. The molecule has 0 saturated carbocycles. The lowest BCUT2D eigenvalue weighted by Crippen LogP contribution is -2.32. The Balaban J connectivity index is 0.000000511. The van der Waals surface area contributed by atoms with Gasteiger partial charge in [0.2, 0.25) is 0 Å². The number of rotatable bonds is 6. The lowest BCUT2D eigenvalue weighted by Gasteiger charge is -2.06. The minimum Gasteiger partial charge on any atom is -0.480 e. The number of methoxy groups -OCH3 is 2. The maximum Gasteiger partial charge on any atom is 0.320 e. The lowest BCUT2D eigenvalue weighted by atomic mass is 10.0. The zero-order chi connectivity index (χ0) is 15.5. The van der Waals surface area contributed by atoms with Gasteiger partial charge in [-0.3, -0.25) is 4.79 Å². The molecule has 0 aliphatic carbocycles. The van der Waals surface area contributed by atoms with Crippen molar-refractivity contribution in [3.05, 3.63) is 42.0 Å². The molecule has 0 bridgehead atoms. The van der Waals surface area contributed by atoms with E-state index in [0.29, 0.717) is 6.42 Å². The zero-order valence-corrected chi connectivity index (χ0v) is 14.2. The monoisotopic (exact) mass is 297 g/mol. The van der Waals surface area contributed by atoms with Gasteiger partial charge in [-0.05, 0) is 17.5 Å². The van der Waals surface area contributed by atoms with Crippen molar-refractivity contribution in [2.45, 2.75) is 18.4 Å². The predicted octanol–water partition coefficient (Wildman–Crippen LogP) is 0.212. The maximum absolute atomic E-state index is 10.5. The molecule has 5 nitrogen and oxygen atoms in total. The third-order valence-electron chi connectivity index (χ3n) is 2.65. The van der Waals surface area contributed by atoms with Crippen LogP contribution < -0.4 is 5.73 Å². The third-order valence-corrected chi connectivity index (χ3v) is 3.59. The quantitative estimate of drug-likeness (QED) is 0.579. The van der Waals surface area contributed by atoms with Crippen molar-refractivity contribution in [2.75, 3.05) is 14.2 Å². The molecule has 0 aromatic heterocycles. The summed E-state index contributed by atoms with van der Waals surface area (Å²) >= 11 is 0. The van der Waals surface area contributed by atoms with E-state index in [0.717, 1.165) is 21.4 Å². The van der Waals surface area contributed by atoms with Crippen molar-refractivity contribution >= 4 is 22.3 Å². The second kappa shape index (κ2) is 10.3. The van der Waals surface area contributed by atoms with Crippen LogP contribution in [0, 0.1) is 0 Å². The van der Waals surface area contributed by atoms with Gasteiger partial charge in [-0.2, -0.15) is 0 Å². The van der Waals surface area contributed by atoms with Crippen molar-refractivity contribution in [3.63, 3.8) is 0 Å². The lowest BCUT2D eigenvalue weighted by molar-refractivity contribution is -0.138. The number of carbonyl (C=O) groups is 1. The van der Waals surface area contributed by atoms with E-state index in [2.05, 4.69) is 6.58 Å². The molecule has 0 heterocycles. The molecule has 1 aromatic rings. The molecule has 0 radical (unpaired) electrons. The van der Waals surface area contributed by atoms with Gasteiger partial charge in [-0.1, -0.05) is 36.9 Å². The molecule has 0 fully saturated rings. The molecule has 20 heavy (non-hydrogen) atoms. The Hall–Kier alpha value is -1.47. The normalized spacial score (nSPS) is 11.6. The third kappa shape index (κ3) is 7.85. The maximum atomic E-state index is 10.5. The van der Waals surface area contributed by atoms with Crippen molar-refractivity contribution in [2.24, 2.45) is 5.73 Å². The highest BCUT2D eigenvalue weighted by molar-refractivity contribution is 6.09. The fraction of sp³-hybridized carbons (Fsp3) is 0.357. The Bertz CT molecular complexity index is 404. The van der Waals surface area contributed by atoms with Crippen LogP contribution in [0.2, 0.25) is 0 Å². The van der Waals surface area contributed by atoms with E-state index in [-0.39, 0.29) is 5.91 Å². The summed E-state index contributed by atoms with van der Waals surface area (Å²) in [7, 11) is 4.23. The first-order chi connectivity index (χ1) is 9.44. The van der Waals surface area contributed by atoms with Crippen LogP contribution in [0.15, 0.2) is 30.8 Å². The number of carboxylic acid groups (broad SMARTS) is 1. The van der Waals surface area contributed by atoms with Crippen molar-refractivity contribution < 1.29 is 19.4 Å². The van der Waals surface area contributed by atoms with Crippen LogP contribution >= 0.6 is 0 Å². The number of hydrogen-bond acceptors (Lipinski definition) is 4. The van der Waals surface area contributed by atoms with Crippen molar-refractivity contribution in [3.8, 4) is 0 Å². The molecule has 1 aromatic carbocycles. The molecule has 1 atom stereocenters. The molecule has 0 spiro atoms. The number of nitrogens with two attached hydrogens (primary N) is 1. The zero-order valence-electron chi connectivity index (χ0n) is 12.2. The average molecular weight is 297 g/mol. The molecule has 0 amide bonds. The van der Waals surface area contributed by atoms with Crippen LogP contribution in [0.25, 0.3) is 6.08 Å². The molecule has 1 rings (SSSR count). The summed E-state index contributed by atoms with van der Waals surface area (Å²) in [6.07, 6.45) is 2.09. The van der Waals surface area contributed by atoms with Gasteiger partial charge in [0.1, 0.15) is 12.0 Å². The van der Waals surface area contributed by atoms with Crippen molar-refractivity contribution in [1.82, 2.24) is 0 Å². The number of aliphatic carboxylic acids is 1. The van der Waals surface area contributed by atoms with E-state index < -0.39 is 12.0 Å². The highest BCUT2D eigenvalue weighted by atomic mass is 28.1. The Labute approximate surface area is 122 Å². The van der Waals surface area contributed by atoms with Gasteiger partial charge in [-0.25, -0.2) is 0 Å². The standard InChI is InChI=1S/C11H13NO2.C3H10O2Si/c1-2-8-3-5-9(6-4-8)7-10(12)11(13)14;1-4-3(6)5-2/h2-6,10H,1,7,12H2,(H,13,14);3H,1-2,6H3/t10-;/m0./s1. The first-order valence-corrected chi connectivity index (χ1v) is 7.35. The van der Waals surface area contributed by atoms with E-state index in [9.17, 15) is 4.79 Å². The molecule has 0 saturated heterocycles. The summed E-state index contributed by atoms with van der Waals surface area (Å²) < 4.78 is 9.48. The van der Waals surface area contributed by atoms with Crippen LogP contribution in [0.5, 0.6) is 0 Å². The Kier molecular flexibility index (Phi) is 9.57. The average Bonchev–Trinajstić information content (AvgIpc) is 2.47. The first-order valence-electron chi connectivity index (χ1n) is 6.20. The van der Waals surface area contributed by atoms with Crippen LogP contribution in [-0.4, -0.2) is 47.5 Å². The smallest absolute Gasteiger partial charge is 0.320 e. The van der Waals surface area contributed by atoms with Gasteiger partial charge in [0.15, 0.2) is 0 Å². The number of ether oxygens (including phenoxy) is 2. The summed E-state index contributed by atoms with van der Waals surface area (Å²) in [4.78, 5) is 10.5. The topological polar surface area (TPSA) is 81.8 Å². The molecule has 6 heteroatoms.